The second-order valence-corrected chi connectivity index (χ2v) is 28.8. The molecule has 22 heteroatoms. The first-order chi connectivity index (χ1) is 42.8. The highest BCUT2D eigenvalue weighted by molar-refractivity contribution is 5.96. The zero-order valence-electron chi connectivity index (χ0n) is 57.1. The van der Waals surface area contributed by atoms with Crippen LogP contribution in [0.25, 0.3) is 44.3 Å². The van der Waals surface area contributed by atoms with Crippen LogP contribution in [0.2, 0.25) is 0 Å². The van der Waals surface area contributed by atoms with Gasteiger partial charge in [0, 0.05) is 63.9 Å². The molecule has 0 radical (unpaired) electrons. The van der Waals surface area contributed by atoms with Gasteiger partial charge in [0.1, 0.15) is 60.2 Å². The van der Waals surface area contributed by atoms with Gasteiger partial charge in [-0.2, -0.15) is 0 Å². The fourth-order valence-electron chi connectivity index (χ4n) is 12.3. The van der Waals surface area contributed by atoms with Crippen molar-refractivity contribution >= 4 is 69.6 Å². The highest BCUT2D eigenvalue weighted by atomic mass is 19.1. The number of nitrogens with zero attached hydrogens (tertiary/aromatic N) is 6. The van der Waals surface area contributed by atoms with Crippen molar-refractivity contribution in [1.29, 1.82) is 0 Å². The SMILES string of the molecule is CC(=O)OCCn1c(-c2ccc(-c3c(C[C@@H]4CCCN4C(=O)C(NC(=O)[C@H](C)N(C)C(=O)OC(C)(C)C)C(C)(C)C)c4ccc(F)cc4n3CCOC(C)=O)cc2)c(C[C@@H]2CCCN2C(=O)C(NC(=O)[C@H](C)N(C)C(=O)OC(C)(C)C)C(C)(C)C)c2ccc(F)cc21. The molecule has 0 spiro atoms. The molecule has 7 rings (SSSR count). The van der Waals surface area contributed by atoms with Gasteiger partial charge in [0.2, 0.25) is 23.6 Å². The minimum Gasteiger partial charge on any atom is -0.464 e. The van der Waals surface area contributed by atoms with Crippen molar-refractivity contribution in [1.82, 2.24) is 39.4 Å². The van der Waals surface area contributed by atoms with Crippen molar-refractivity contribution in [3.05, 3.63) is 83.4 Å². The van der Waals surface area contributed by atoms with Gasteiger partial charge in [-0.1, -0.05) is 65.8 Å². The number of fused-ring (bicyclic) bond motifs is 2. The summed E-state index contributed by atoms with van der Waals surface area (Å²) >= 11 is 0. The van der Waals surface area contributed by atoms with Crippen LogP contribution in [0.15, 0.2) is 60.7 Å². The van der Waals surface area contributed by atoms with Gasteiger partial charge in [-0.15, -0.1) is 0 Å². The summed E-state index contributed by atoms with van der Waals surface area (Å²) in [6, 6.07) is 12.1. The summed E-state index contributed by atoms with van der Waals surface area (Å²) in [5.74, 6) is -3.62. The van der Waals surface area contributed by atoms with Crippen LogP contribution in [-0.4, -0.2) is 164 Å². The molecule has 2 saturated heterocycles. The van der Waals surface area contributed by atoms with E-state index in [-0.39, 0.29) is 50.2 Å². The molecule has 2 fully saturated rings. The number of amides is 6. The Bertz CT molecular complexity index is 3340. The van der Waals surface area contributed by atoms with E-state index in [1.165, 1.54) is 62.0 Å². The summed E-state index contributed by atoms with van der Waals surface area (Å²) < 4.78 is 57.2. The van der Waals surface area contributed by atoms with Crippen molar-refractivity contribution < 1.29 is 66.1 Å². The van der Waals surface area contributed by atoms with Gasteiger partial charge >= 0.3 is 24.1 Å². The van der Waals surface area contributed by atoms with Crippen molar-refractivity contribution in [3.8, 4) is 22.5 Å². The molecule has 6 atom stereocenters. The smallest absolute Gasteiger partial charge is 0.410 e. The lowest BCUT2D eigenvalue weighted by Crippen LogP contribution is -2.59. The van der Waals surface area contributed by atoms with Crippen LogP contribution < -0.4 is 10.6 Å². The Hall–Kier alpha value is -8.04. The molecule has 2 unspecified atom stereocenters. The van der Waals surface area contributed by atoms with Crippen molar-refractivity contribution in [2.45, 2.75) is 210 Å². The third-order valence-electron chi connectivity index (χ3n) is 17.2. The number of esters is 2. The topological polar surface area (TPSA) is 220 Å². The number of aromatic nitrogens is 2. The van der Waals surface area contributed by atoms with Crippen molar-refractivity contribution in [2.24, 2.45) is 10.8 Å². The average Bonchev–Trinajstić information content (AvgIpc) is 1.60. The zero-order chi connectivity index (χ0) is 68.3. The Morgan fingerprint density at radius 2 is 0.880 bits per heavy atom. The number of hydrogen-bond acceptors (Lipinski definition) is 12. The molecule has 5 aromatic rings. The summed E-state index contributed by atoms with van der Waals surface area (Å²) in [6.45, 7) is 28.4. The molecule has 2 aliphatic rings. The number of carbonyl (C=O) groups is 8. The minimum atomic E-state index is -0.998. The number of rotatable bonds is 20. The van der Waals surface area contributed by atoms with Gasteiger partial charge < -0.3 is 48.5 Å². The quantitative estimate of drug-likeness (QED) is 0.0549. The first-order valence-electron chi connectivity index (χ1n) is 31.9. The normalized spacial score (nSPS) is 16.8. The van der Waals surface area contributed by atoms with Crippen molar-refractivity contribution in [3.63, 3.8) is 0 Å². The minimum absolute atomic E-state index is 0.0425. The number of carbonyl (C=O) groups excluding carboxylic acids is 8. The lowest BCUT2D eigenvalue weighted by atomic mass is 9.85. The molecule has 0 saturated carbocycles. The molecular formula is C70H96F2N8O12. The number of halogens is 2. The van der Waals surface area contributed by atoms with Crippen LogP contribution >= 0.6 is 0 Å². The summed E-state index contributed by atoms with van der Waals surface area (Å²) in [6.07, 6.45) is 1.79. The first kappa shape index (κ1) is 71.4. The van der Waals surface area contributed by atoms with E-state index in [2.05, 4.69) is 10.6 Å². The summed E-state index contributed by atoms with van der Waals surface area (Å²) in [4.78, 5) is 115. The molecule has 0 bridgehead atoms. The summed E-state index contributed by atoms with van der Waals surface area (Å²) in [5.41, 5.74) is 2.30. The van der Waals surface area contributed by atoms with Crippen LogP contribution in [-0.2, 0) is 73.6 Å². The number of hydrogen-bond donors (Lipinski definition) is 2. The molecule has 2 aliphatic heterocycles. The molecule has 2 N–H and O–H groups in total. The molecule has 3 aromatic carbocycles. The van der Waals surface area contributed by atoms with E-state index >= 15 is 18.4 Å². The average molecular weight is 1280 g/mol. The summed E-state index contributed by atoms with van der Waals surface area (Å²) in [5, 5.41) is 7.40. The third kappa shape index (κ3) is 17.0. The third-order valence-corrected chi connectivity index (χ3v) is 17.2. The van der Waals surface area contributed by atoms with Gasteiger partial charge in [-0.3, -0.25) is 38.6 Å². The monoisotopic (exact) mass is 1280 g/mol. The first-order valence-corrected chi connectivity index (χ1v) is 31.9. The standard InChI is InChI=1S/C70H96F2N8O12/c1-41(75(17)65(87)91-69(11,12)13)61(83)73-59(67(5,6)7)63(85)77-31-19-21-49(77)39-53-51-29-27-47(71)37-55(51)79(33-35-89-43(3)81)57(53)45-23-25-46(26-24-45)58-54(52-30-28-48(72)38-56(52)80(58)34-36-90-44(4)82)40-50-22-20-32-78(50)64(86)60(68(8,9)10)74-62(84)42(2)76(18)66(88)92-70(14,15)16/h23-30,37-38,41-42,49-50,59-60H,19-22,31-36,39-40H2,1-18H3,(H,73,83)(H,74,84)/t41-,42-,49-,50-,59?,60?/m0/s1. The Labute approximate surface area is 539 Å². The molecule has 502 valence electrons. The maximum Gasteiger partial charge on any atom is 0.410 e. The van der Waals surface area contributed by atoms with Crippen molar-refractivity contribution in [2.75, 3.05) is 40.4 Å². The highest BCUT2D eigenvalue weighted by Gasteiger charge is 2.44. The van der Waals surface area contributed by atoms with Gasteiger partial charge in [-0.25, -0.2) is 18.4 Å². The second kappa shape index (κ2) is 28.4. The van der Waals surface area contributed by atoms with E-state index in [1.807, 2.05) is 84.7 Å². The van der Waals surface area contributed by atoms with Gasteiger partial charge in [0.15, 0.2) is 0 Å². The predicted molar refractivity (Wildman–Crippen MR) is 348 cm³/mol. The number of ether oxygens (including phenoxy) is 4. The fraction of sp³-hybridized carbons (Fsp3) is 0.571. The van der Waals surface area contributed by atoms with Crippen LogP contribution in [0.5, 0.6) is 0 Å². The second-order valence-electron chi connectivity index (χ2n) is 28.8. The Balaban J connectivity index is 1.30. The molecule has 4 heterocycles. The van der Waals surface area contributed by atoms with E-state index < -0.39 is 93.8 Å². The number of likely N-dealkylation sites (tertiary alicyclic amines) is 2. The highest BCUT2D eigenvalue weighted by Crippen LogP contribution is 2.42. The molecule has 6 amide bonds. The van der Waals surface area contributed by atoms with E-state index in [9.17, 15) is 28.8 Å². The van der Waals surface area contributed by atoms with E-state index in [0.717, 1.165) is 11.1 Å². The summed E-state index contributed by atoms with van der Waals surface area (Å²) in [7, 11) is 2.95. The Morgan fingerprint density at radius 3 is 1.18 bits per heavy atom. The number of likely N-dealkylation sites (N-methyl/N-ethyl adjacent to an activating group) is 2. The zero-order valence-corrected chi connectivity index (χ0v) is 57.1. The van der Waals surface area contributed by atoms with Gasteiger partial charge in [0.05, 0.1) is 35.5 Å². The van der Waals surface area contributed by atoms with E-state index in [0.29, 0.717) is 95.9 Å². The number of nitrogens with one attached hydrogen (secondary N) is 2. The molecule has 0 aliphatic carbocycles. The van der Waals surface area contributed by atoms with Crippen LogP contribution in [0, 0.1) is 22.5 Å². The molecule has 92 heavy (non-hydrogen) atoms. The van der Waals surface area contributed by atoms with Crippen LogP contribution in [0.1, 0.15) is 148 Å². The Kier molecular flexibility index (Phi) is 22.1. The molecular weight excluding hydrogens is 1180 g/mol. The van der Waals surface area contributed by atoms with Crippen LogP contribution in [0.4, 0.5) is 18.4 Å². The molecule has 2 aromatic heterocycles. The number of benzene rings is 3. The van der Waals surface area contributed by atoms with Crippen LogP contribution in [0.3, 0.4) is 0 Å². The largest absolute Gasteiger partial charge is 0.464 e. The maximum absolute atomic E-state index is 15.6. The lowest BCUT2D eigenvalue weighted by Gasteiger charge is -2.37. The lowest BCUT2D eigenvalue weighted by molar-refractivity contribution is -0.142. The van der Waals surface area contributed by atoms with Gasteiger partial charge in [0.25, 0.3) is 0 Å². The predicted octanol–water partition coefficient (Wildman–Crippen LogP) is 11.0. The molecule has 20 nitrogen and oxygen atoms in total. The van der Waals surface area contributed by atoms with E-state index in [1.54, 1.807) is 67.5 Å². The fourth-order valence-corrected chi connectivity index (χ4v) is 12.3. The van der Waals surface area contributed by atoms with Gasteiger partial charge in [-0.05, 0) is 163 Å². The Morgan fingerprint density at radius 1 is 0.543 bits per heavy atom. The maximum atomic E-state index is 15.6. The van der Waals surface area contributed by atoms with E-state index in [4.69, 9.17) is 18.9 Å².